The Hall–Kier alpha value is -2.88. The molecule has 0 aliphatic rings. The summed E-state index contributed by atoms with van der Waals surface area (Å²) < 4.78 is 1.28. The summed E-state index contributed by atoms with van der Waals surface area (Å²) in [5.74, 6) is -1.35. The van der Waals surface area contributed by atoms with Crippen LogP contribution in [-0.2, 0) is 6.42 Å². The van der Waals surface area contributed by atoms with Crippen LogP contribution in [0.4, 0.5) is 0 Å². The van der Waals surface area contributed by atoms with Crippen LogP contribution in [0.15, 0.2) is 60.7 Å². The number of nitrogens with zero attached hydrogens (tertiary/aromatic N) is 1. The van der Waals surface area contributed by atoms with Gasteiger partial charge in [-0.25, -0.2) is 4.79 Å². The molecule has 0 saturated carbocycles. The molecule has 0 spiro atoms. The summed E-state index contributed by atoms with van der Waals surface area (Å²) in [7, 11) is 0. The standard InChI is InChI=1S/C17H13NO3/c19-16(10-12-6-2-1-3-7-12)18-14-9-5-4-8-13(14)11-15(18)17(20)21/h1-9,11H,10H2,(H,20,21). The van der Waals surface area contributed by atoms with E-state index in [2.05, 4.69) is 0 Å². The largest absolute Gasteiger partial charge is 0.477 e. The molecule has 1 aromatic heterocycles. The molecule has 4 nitrogen and oxygen atoms in total. The molecule has 0 amide bonds. The number of aromatic carboxylic acids is 1. The van der Waals surface area contributed by atoms with Crippen molar-refractivity contribution in [1.29, 1.82) is 0 Å². The van der Waals surface area contributed by atoms with Crippen molar-refractivity contribution in [2.75, 3.05) is 0 Å². The molecule has 21 heavy (non-hydrogen) atoms. The lowest BCUT2D eigenvalue weighted by molar-refractivity contribution is 0.0674. The van der Waals surface area contributed by atoms with Crippen molar-refractivity contribution < 1.29 is 14.7 Å². The van der Waals surface area contributed by atoms with Crippen LogP contribution < -0.4 is 0 Å². The molecule has 0 aliphatic heterocycles. The van der Waals surface area contributed by atoms with Crippen molar-refractivity contribution in [2.24, 2.45) is 0 Å². The first-order valence-electron chi connectivity index (χ1n) is 6.58. The second-order valence-electron chi connectivity index (χ2n) is 4.79. The number of hydrogen-bond donors (Lipinski definition) is 1. The maximum atomic E-state index is 12.5. The molecule has 0 saturated heterocycles. The smallest absolute Gasteiger partial charge is 0.352 e. The summed E-state index contributed by atoms with van der Waals surface area (Å²) in [4.78, 5) is 23.9. The van der Waals surface area contributed by atoms with Gasteiger partial charge in [0.15, 0.2) is 0 Å². The summed E-state index contributed by atoms with van der Waals surface area (Å²) >= 11 is 0. The van der Waals surface area contributed by atoms with Gasteiger partial charge in [0.2, 0.25) is 5.91 Å². The first kappa shape index (κ1) is 13.1. The second kappa shape index (κ2) is 5.25. The van der Waals surface area contributed by atoms with E-state index in [-0.39, 0.29) is 18.0 Å². The van der Waals surface area contributed by atoms with Crippen molar-refractivity contribution >= 4 is 22.8 Å². The summed E-state index contributed by atoms with van der Waals surface area (Å²) in [6.45, 7) is 0. The first-order valence-corrected chi connectivity index (χ1v) is 6.58. The van der Waals surface area contributed by atoms with Gasteiger partial charge < -0.3 is 5.11 Å². The summed E-state index contributed by atoms with van der Waals surface area (Å²) in [6.07, 6.45) is 0.166. The van der Waals surface area contributed by atoms with Gasteiger partial charge in [0.25, 0.3) is 0 Å². The molecule has 104 valence electrons. The van der Waals surface area contributed by atoms with Crippen LogP contribution in [0.1, 0.15) is 20.8 Å². The van der Waals surface area contributed by atoms with Crippen molar-refractivity contribution in [3.63, 3.8) is 0 Å². The minimum atomic E-state index is -1.10. The third-order valence-corrected chi connectivity index (χ3v) is 3.38. The average Bonchev–Trinajstić information content (AvgIpc) is 2.88. The number of carboxylic acid groups (broad SMARTS) is 1. The Bertz CT molecular complexity index is 818. The number of carbonyl (C=O) groups excluding carboxylic acids is 1. The quantitative estimate of drug-likeness (QED) is 0.800. The van der Waals surface area contributed by atoms with Crippen LogP contribution >= 0.6 is 0 Å². The average molecular weight is 279 g/mol. The van der Waals surface area contributed by atoms with Crippen LogP contribution in [0.25, 0.3) is 10.9 Å². The molecule has 4 heteroatoms. The Morgan fingerprint density at radius 2 is 1.62 bits per heavy atom. The van der Waals surface area contributed by atoms with Gasteiger partial charge in [-0.15, -0.1) is 0 Å². The number of fused-ring (bicyclic) bond motifs is 1. The predicted octanol–water partition coefficient (Wildman–Crippen LogP) is 3.22. The monoisotopic (exact) mass is 279 g/mol. The minimum absolute atomic E-state index is 0.00266. The van der Waals surface area contributed by atoms with Crippen molar-refractivity contribution in [3.05, 3.63) is 71.9 Å². The fourth-order valence-electron chi connectivity index (χ4n) is 2.43. The maximum Gasteiger partial charge on any atom is 0.352 e. The lowest BCUT2D eigenvalue weighted by atomic mass is 10.1. The Balaban J connectivity index is 2.08. The van der Waals surface area contributed by atoms with E-state index in [1.165, 1.54) is 10.6 Å². The topological polar surface area (TPSA) is 59.3 Å². The van der Waals surface area contributed by atoms with Crippen molar-refractivity contribution in [2.45, 2.75) is 6.42 Å². The van der Waals surface area contributed by atoms with Gasteiger partial charge in [0, 0.05) is 5.39 Å². The fourth-order valence-corrected chi connectivity index (χ4v) is 2.43. The molecule has 0 unspecified atom stereocenters. The Labute approximate surface area is 121 Å². The Kier molecular flexibility index (Phi) is 3.28. The third-order valence-electron chi connectivity index (χ3n) is 3.38. The highest BCUT2D eigenvalue weighted by Crippen LogP contribution is 2.20. The van der Waals surface area contributed by atoms with Crippen molar-refractivity contribution in [1.82, 2.24) is 4.57 Å². The second-order valence-corrected chi connectivity index (χ2v) is 4.79. The number of carbonyl (C=O) groups is 2. The number of aromatic nitrogens is 1. The molecule has 0 bridgehead atoms. The molecule has 3 rings (SSSR count). The normalized spacial score (nSPS) is 10.7. The molecule has 3 aromatic rings. The van der Waals surface area contributed by atoms with E-state index in [4.69, 9.17) is 0 Å². The lowest BCUT2D eigenvalue weighted by Gasteiger charge is -2.07. The van der Waals surface area contributed by atoms with E-state index in [0.717, 1.165) is 10.9 Å². The minimum Gasteiger partial charge on any atom is -0.477 e. The molecule has 0 aliphatic carbocycles. The van der Waals surface area contributed by atoms with Gasteiger partial charge in [0.05, 0.1) is 11.9 Å². The zero-order valence-electron chi connectivity index (χ0n) is 11.2. The molecule has 0 radical (unpaired) electrons. The van der Waals surface area contributed by atoms with Gasteiger partial charge in [-0.3, -0.25) is 9.36 Å². The fraction of sp³-hybridized carbons (Fsp3) is 0.0588. The van der Waals surface area contributed by atoms with Crippen LogP contribution in [-0.4, -0.2) is 21.6 Å². The van der Waals surface area contributed by atoms with E-state index in [1.807, 2.05) is 36.4 Å². The van der Waals surface area contributed by atoms with Crippen molar-refractivity contribution in [3.8, 4) is 0 Å². The third kappa shape index (κ3) is 2.43. The number of hydrogen-bond acceptors (Lipinski definition) is 2. The highest BCUT2D eigenvalue weighted by Gasteiger charge is 2.19. The van der Waals surface area contributed by atoms with E-state index >= 15 is 0 Å². The van der Waals surface area contributed by atoms with Gasteiger partial charge in [-0.1, -0.05) is 48.5 Å². The number of para-hydroxylation sites is 1. The van der Waals surface area contributed by atoms with Gasteiger partial charge in [-0.2, -0.15) is 0 Å². The molecule has 1 N–H and O–H groups in total. The van der Waals surface area contributed by atoms with Crippen LogP contribution in [0.5, 0.6) is 0 Å². The zero-order chi connectivity index (χ0) is 14.8. The van der Waals surface area contributed by atoms with Gasteiger partial charge in [-0.05, 0) is 17.7 Å². The first-order chi connectivity index (χ1) is 10.2. The molecule has 0 fully saturated rings. The van der Waals surface area contributed by atoms with Crippen LogP contribution in [0, 0.1) is 0 Å². The molecular formula is C17H13NO3. The van der Waals surface area contributed by atoms with E-state index in [9.17, 15) is 14.7 Å². The number of rotatable bonds is 3. The van der Waals surface area contributed by atoms with Gasteiger partial charge in [0.1, 0.15) is 5.69 Å². The SMILES string of the molecule is O=C(O)c1cc2ccccc2n1C(=O)Cc1ccccc1. The van der Waals surface area contributed by atoms with Crippen LogP contribution in [0.2, 0.25) is 0 Å². The van der Waals surface area contributed by atoms with Crippen LogP contribution in [0.3, 0.4) is 0 Å². The molecular weight excluding hydrogens is 266 g/mol. The van der Waals surface area contributed by atoms with E-state index < -0.39 is 5.97 Å². The Morgan fingerprint density at radius 3 is 2.33 bits per heavy atom. The molecule has 2 aromatic carbocycles. The van der Waals surface area contributed by atoms with Gasteiger partial charge >= 0.3 is 5.97 Å². The summed E-state index contributed by atoms with van der Waals surface area (Å²) in [5.41, 5.74) is 1.48. The predicted molar refractivity (Wildman–Crippen MR) is 79.7 cm³/mol. The number of benzene rings is 2. The van der Waals surface area contributed by atoms with E-state index in [1.54, 1.807) is 18.2 Å². The molecule has 1 heterocycles. The lowest BCUT2D eigenvalue weighted by Crippen LogP contribution is -2.18. The zero-order valence-corrected chi connectivity index (χ0v) is 11.2. The Morgan fingerprint density at radius 1 is 0.952 bits per heavy atom. The highest BCUT2D eigenvalue weighted by molar-refractivity contribution is 6.02. The van der Waals surface area contributed by atoms with E-state index in [0.29, 0.717) is 5.52 Å². The highest BCUT2D eigenvalue weighted by atomic mass is 16.4. The summed E-state index contributed by atoms with van der Waals surface area (Å²) in [6, 6.07) is 18.0. The maximum absolute atomic E-state index is 12.5. The molecule has 0 atom stereocenters. The number of carboxylic acids is 1. The summed E-state index contributed by atoms with van der Waals surface area (Å²) in [5, 5.41) is 10.1.